The fourth-order valence-electron chi connectivity index (χ4n) is 3.53. The topological polar surface area (TPSA) is 63.5 Å². The number of rotatable bonds is 2. The first-order valence-electron chi connectivity index (χ1n) is 8.75. The van der Waals surface area contributed by atoms with Gasteiger partial charge in [0.25, 0.3) is 11.8 Å². The second-order valence-electron chi connectivity index (χ2n) is 6.80. The lowest BCUT2D eigenvalue weighted by atomic mass is 10.1. The first kappa shape index (κ1) is 17.1. The molecule has 2 aliphatic heterocycles. The minimum atomic E-state index is -2.67. The number of morpholine rings is 1. The van der Waals surface area contributed by atoms with E-state index in [-0.39, 0.29) is 31.8 Å². The number of ether oxygens (including phenoxy) is 1. The predicted molar refractivity (Wildman–Crippen MR) is 91.2 cm³/mol. The highest BCUT2D eigenvalue weighted by atomic mass is 19.3. The third kappa shape index (κ3) is 3.11. The van der Waals surface area contributed by atoms with Crippen molar-refractivity contribution in [1.82, 2.24) is 19.4 Å². The molecule has 26 heavy (non-hydrogen) atoms. The number of hydrogen-bond acceptors (Lipinski definition) is 5. The number of anilines is 1. The normalized spacial score (nSPS) is 23.4. The van der Waals surface area contributed by atoms with Crippen LogP contribution in [0, 0.1) is 0 Å². The predicted octanol–water partition coefficient (Wildman–Crippen LogP) is 1.43. The van der Waals surface area contributed by atoms with Gasteiger partial charge in [0.1, 0.15) is 5.52 Å². The molecule has 0 bridgehead atoms. The second kappa shape index (κ2) is 6.46. The number of hydrogen-bond donors (Lipinski definition) is 0. The smallest absolute Gasteiger partial charge is 0.253 e. The average Bonchev–Trinajstić information content (AvgIpc) is 2.98. The molecule has 0 radical (unpaired) electrons. The lowest BCUT2D eigenvalue weighted by Crippen LogP contribution is -2.54. The molecule has 2 fully saturated rings. The standard InChI is InChI=1S/C17H21F2N5O2/c1-22-14-12(3-2-6-20-14)21-16(22)24-9-10-26-13(11-24)15(25)23-7-4-17(18,19)5-8-23/h2-3,6,13H,4-5,7-11H2,1H3. The van der Waals surface area contributed by atoms with Crippen molar-refractivity contribution in [2.45, 2.75) is 24.9 Å². The van der Waals surface area contributed by atoms with Gasteiger partial charge in [-0.3, -0.25) is 9.36 Å². The molecular formula is C17H21F2N5O2. The summed E-state index contributed by atoms with van der Waals surface area (Å²) in [7, 11) is 1.89. The van der Waals surface area contributed by atoms with Gasteiger partial charge in [-0.2, -0.15) is 0 Å². The zero-order valence-corrected chi connectivity index (χ0v) is 14.6. The maximum Gasteiger partial charge on any atom is 0.253 e. The molecule has 0 aliphatic carbocycles. The maximum absolute atomic E-state index is 13.3. The molecule has 1 amide bonds. The Morgan fingerprint density at radius 2 is 2.08 bits per heavy atom. The molecule has 2 aromatic rings. The van der Waals surface area contributed by atoms with E-state index in [1.807, 2.05) is 28.6 Å². The number of fused-ring (bicyclic) bond motifs is 1. The molecule has 0 saturated carbocycles. The van der Waals surface area contributed by atoms with E-state index in [0.29, 0.717) is 19.7 Å². The Morgan fingerprint density at radius 3 is 2.81 bits per heavy atom. The number of alkyl halides is 2. The van der Waals surface area contributed by atoms with Gasteiger partial charge >= 0.3 is 0 Å². The summed E-state index contributed by atoms with van der Waals surface area (Å²) in [6, 6.07) is 3.72. The summed E-state index contributed by atoms with van der Waals surface area (Å²) < 4.78 is 34.2. The van der Waals surface area contributed by atoms with Gasteiger partial charge in [-0.15, -0.1) is 0 Å². The number of likely N-dealkylation sites (tertiary alicyclic amines) is 1. The molecule has 1 atom stereocenters. The molecule has 4 rings (SSSR count). The fraction of sp³-hybridized carbons (Fsp3) is 0.588. The Bertz CT molecular complexity index is 815. The van der Waals surface area contributed by atoms with Gasteiger partial charge in [-0.25, -0.2) is 18.7 Å². The Labute approximate surface area is 149 Å². The number of imidazole rings is 1. The van der Waals surface area contributed by atoms with Crippen LogP contribution in [0.3, 0.4) is 0 Å². The minimum absolute atomic E-state index is 0.0713. The van der Waals surface area contributed by atoms with Gasteiger partial charge in [0.2, 0.25) is 5.95 Å². The zero-order chi connectivity index (χ0) is 18.3. The van der Waals surface area contributed by atoms with Crippen LogP contribution in [0.15, 0.2) is 18.3 Å². The molecule has 1 unspecified atom stereocenters. The number of carbonyl (C=O) groups excluding carboxylic acids is 1. The quantitative estimate of drug-likeness (QED) is 0.806. The number of aromatic nitrogens is 3. The summed E-state index contributed by atoms with van der Waals surface area (Å²) in [5.41, 5.74) is 1.56. The number of halogens is 2. The van der Waals surface area contributed by atoms with E-state index in [2.05, 4.69) is 9.97 Å². The molecule has 4 heterocycles. The SMILES string of the molecule is Cn1c(N2CCOC(C(=O)N3CCC(F)(F)CC3)C2)nc2cccnc21. The summed E-state index contributed by atoms with van der Waals surface area (Å²) >= 11 is 0. The molecule has 2 aliphatic rings. The molecule has 2 aromatic heterocycles. The zero-order valence-electron chi connectivity index (χ0n) is 14.6. The maximum atomic E-state index is 13.3. The van der Waals surface area contributed by atoms with Gasteiger partial charge < -0.3 is 14.5 Å². The number of aryl methyl sites for hydroxylation is 1. The monoisotopic (exact) mass is 365 g/mol. The van der Waals surface area contributed by atoms with Crippen LogP contribution in [0.4, 0.5) is 14.7 Å². The average molecular weight is 365 g/mol. The number of carbonyl (C=O) groups is 1. The van der Waals surface area contributed by atoms with Crippen molar-refractivity contribution in [3.63, 3.8) is 0 Å². The molecule has 9 heteroatoms. The van der Waals surface area contributed by atoms with E-state index in [1.165, 1.54) is 4.90 Å². The lowest BCUT2D eigenvalue weighted by Gasteiger charge is -2.37. The third-order valence-corrected chi connectivity index (χ3v) is 5.04. The number of nitrogens with zero attached hydrogens (tertiary/aromatic N) is 5. The van der Waals surface area contributed by atoms with Crippen molar-refractivity contribution < 1.29 is 18.3 Å². The van der Waals surface area contributed by atoms with E-state index in [0.717, 1.165) is 17.1 Å². The lowest BCUT2D eigenvalue weighted by molar-refractivity contribution is -0.150. The summed E-state index contributed by atoms with van der Waals surface area (Å²) in [5, 5.41) is 0. The van der Waals surface area contributed by atoms with Crippen LogP contribution < -0.4 is 4.90 Å². The summed E-state index contributed by atoms with van der Waals surface area (Å²) in [5.74, 6) is -2.16. The van der Waals surface area contributed by atoms with Crippen LogP contribution in [-0.2, 0) is 16.6 Å². The second-order valence-corrected chi connectivity index (χ2v) is 6.80. The Hall–Kier alpha value is -2.29. The van der Waals surface area contributed by atoms with Crippen molar-refractivity contribution in [3.8, 4) is 0 Å². The van der Waals surface area contributed by atoms with Crippen LogP contribution in [0.25, 0.3) is 11.2 Å². The van der Waals surface area contributed by atoms with Crippen molar-refractivity contribution in [3.05, 3.63) is 18.3 Å². The van der Waals surface area contributed by atoms with Gasteiger partial charge in [0.15, 0.2) is 11.8 Å². The van der Waals surface area contributed by atoms with E-state index in [1.54, 1.807) is 6.20 Å². The Balaban J connectivity index is 1.49. The number of pyridine rings is 1. The van der Waals surface area contributed by atoms with Gasteiger partial charge in [0.05, 0.1) is 13.2 Å². The molecule has 0 spiro atoms. The van der Waals surface area contributed by atoms with Crippen LogP contribution in [0.1, 0.15) is 12.8 Å². The van der Waals surface area contributed by atoms with Crippen LogP contribution in [0.5, 0.6) is 0 Å². The largest absolute Gasteiger partial charge is 0.365 e. The number of amides is 1. The van der Waals surface area contributed by atoms with Crippen LogP contribution in [-0.4, -0.2) is 70.2 Å². The van der Waals surface area contributed by atoms with Gasteiger partial charge in [-0.05, 0) is 12.1 Å². The molecule has 0 aromatic carbocycles. The highest BCUT2D eigenvalue weighted by molar-refractivity contribution is 5.82. The van der Waals surface area contributed by atoms with E-state index in [9.17, 15) is 13.6 Å². The van der Waals surface area contributed by atoms with Crippen molar-refractivity contribution >= 4 is 23.0 Å². The third-order valence-electron chi connectivity index (χ3n) is 5.04. The highest BCUT2D eigenvalue weighted by Crippen LogP contribution is 2.28. The summed E-state index contributed by atoms with van der Waals surface area (Å²) in [6.45, 7) is 1.49. The molecular weight excluding hydrogens is 344 g/mol. The molecule has 2 saturated heterocycles. The van der Waals surface area contributed by atoms with Crippen LogP contribution >= 0.6 is 0 Å². The van der Waals surface area contributed by atoms with Crippen molar-refractivity contribution in [1.29, 1.82) is 0 Å². The molecule has 0 N–H and O–H groups in total. The first-order chi connectivity index (χ1) is 12.4. The first-order valence-corrected chi connectivity index (χ1v) is 8.75. The van der Waals surface area contributed by atoms with E-state index >= 15 is 0 Å². The van der Waals surface area contributed by atoms with Gasteiger partial charge in [-0.1, -0.05) is 0 Å². The Kier molecular flexibility index (Phi) is 4.26. The molecule has 140 valence electrons. The van der Waals surface area contributed by atoms with E-state index in [4.69, 9.17) is 4.74 Å². The van der Waals surface area contributed by atoms with Crippen LogP contribution in [0.2, 0.25) is 0 Å². The van der Waals surface area contributed by atoms with Gasteiger partial charge in [0, 0.05) is 45.7 Å². The highest BCUT2D eigenvalue weighted by Gasteiger charge is 2.39. The summed E-state index contributed by atoms with van der Waals surface area (Å²) in [6.07, 6.45) is 0.478. The minimum Gasteiger partial charge on any atom is -0.365 e. The number of piperidine rings is 1. The Morgan fingerprint density at radius 1 is 1.31 bits per heavy atom. The molecule has 7 nitrogen and oxygen atoms in total. The van der Waals surface area contributed by atoms with E-state index < -0.39 is 12.0 Å². The van der Waals surface area contributed by atoms with Crippen molar-refractivity contribution in [2.75, 3.05) is 37.7 Å². The summed E-state index contributed by atoms with van der Waals surface area (Å²) in [4.78, 5) is 25.1. The van der Waals surface area contributed by atoms with Crippen molar-refractivity contribution in [2.24, 2.45) is 7.05 Å². The fourth-order valence-corrected chi connectivity index (χ4v) is 3.53.